The molecule has 0 atom stereocenters. The van der Waals surface area contributed by atoms with Crippen LogP contribution in [0.2, 0.25) is 0 Å². The van der Waals surface area contributed by atoms with Gasteiger partial charge in [0.15, 0.2) is 0 Å². The van der Waals surface area contributed by atoms with E-state index in [1.165, 1.54) is 11.1 Å². The molecule has 0 aromatic heterocycles. The van der Waals surface area contributed by atoms with Crippen LogP contribution in [0.1, 0.15) is 36.8 Å². The third-order valence-corrected chi connectivity index (χ3v) is 5.17. The average molecular weight is 364 g/mol. The summed E-state index contributed by atoms with van der Waals surface area (Å²) >= 11 is 0. The van der Waals surface area contributed by atoms with E-state index in [1.807, 2.05) is 53.4 Å². The Hall–Kier alpha value is -2.62. The van der Waals surface area contributed by atoms with Gasteiger partial charge in [-0.2, -0.15) is 0 Å². The van der Waals surface area contributed by atoms with E-state index in [-0.39, 0.29) is 17.9 Å². The number of carbonyl (C=O) groups excluding carboxylic acids is 2. The van der Waals surface area contributed by atoms with Gasteiger partial charge >= 0.3 is 0 Å². The van der Waals surface area contributed by atoms with Gasteiger partial charge in [-0.05, 0) is 36.8 Å². The second-order valence-electron chi connectivity index (χ2n) is 7.19. The van der Waals surface area contributed by atoms with Crippen LogP contribution in [-0.2, 0) is 22.4 Å². The van der Waals surface area contributed by atoms with Crippen molar-refractivity contribution in [3.63, 3.8) is 0 Å². The molecule has 1 aliphatic rings. The first-order valence-corrected chi connectivity index (χ1v) is 9.86. The number of amides is 2. The van der Waals surface area contributed by atoms with Gasteiger partial charge in [0, 0.05) is 32.0 Å². The SMILES string of the molecule is O=C(CCc1ccccc1)NC1CCN(C(=O)CCc2ccccc2)CC1. The lowest BCUT2D eigenvalue weighted by Crippen LogP contribution is -2.46. The minimum Gasteiger partial charge on any atom is -0.353 e. The zero-order valence-electron chi connectivity index (χ0n) is 15.8. The molecule has 27 heavy (non-hydrogen) atoms. The van der Waals surface area contributed by atoms with Gasteiger partial charge in [-0.1, -0.05) is 60.7 Å². The first-order chi connectivity index (χ1) is 13.2. The fourth-order valence-electron chi connectivity index (χ4n) is 3.53. The highest BCUT2D eigenvalue weighted by molar-refractivity contribution is 5.77. The van der Waals surface area contributed by atoms with E-state index >= 15 is 0 Å². The number of carbonyl (C=O) groups is 2. The molecule has 1 fully saturated rings. The van der Waals surface area contributed by atoms with Crippen LogP contribution >= 0.6 is 0 Å². The van der Waals surface area contributed by atoms with E-state index in [4.69, 9.17) is 0 Å². The van der Waals surface area contributed by atoms with Crippen molar-refractivity contribution in [1.29, 1.82) is 0 Å². The largest absolute Gasteiger partial charge is 0.353 e. The van der Waals surface area contributed by atoms with Crippen LogP contribution in [0.3, 0.4) is 0 Å². The van der Waals surface area contributed by atoms with Gasteiger partial charge in [0.2, 0.25) is 11.8 Å². The molecule has 0 unspecified atom stereocenters. The molecule has 2 amide bonds. The number of likely N-dealkylation sites (tertiary alicyclic amines) is 1. The summed E-state index contributed by atoms with van der Waals surface area (Å²) in [5.74, 6) is 0.320. The zero-order chi connectivity index (χ0) is 18.9. The highest BCUT2D eigenvalue weighted by atomic mass is 16.2. The lowest BCUT2D eigenvalue weighted by atomic mass is 10.0. The van der Waals surface area contributed by atoms with Gasteiger partial charge in [0.25, 0.3) is 0 Å². The molecule has 1 aliphatic heterocycles. The molecule has 0 bridgehead atoms. The number of rotatable bonds is 7. The van der Waals surface area contributed by atoms with Crippen LogP contribution in [0.15, 0.2) is 60.7 Å². The number of piperidine rings is 1. The van der Waals surface area contributed by atoms with Crippen molar-refractivity contribution in [2.75, 3.05) is 13.1 Å². The van der Waals surface area contributed by atoms with Gasteiger partial charge in [-0.25, -0.2) is 0 Å². The van der Waals surface area contributed by atoms with E-state index in [0.29, 0.717) is 12.8 Å². The summed E-state index contributed by atoms with van der Waals surface area (Å²) in [6, 6.07) is 20.4. The molecule has 3 rings (SSSR count). The number of nitrogens with zero attached hydrogens (tertiary/aromatic N) is 1. The minimum atomic E-state index is 0.104. The Labute approximate surface area is 161 Å². The number of benzene rings is 2. The van der Waals surface area contributed by atoms with Crippen molar-refractivity contribution in [2.45, 2.75) is 44.6 Å². The van der Waals surface area contributed by atoms with Crippen LogP contribution in [0, 0.1) is 0 Å². The summed E-state index contributed by atoms with van der Waals surface area (Å²) in [4.78, 5) is 26.5. The van der Waals surface area contributed by atoms with Crippen LogP contribution in [0.25, 0.3) is 0 Å². The predicted molar refractivity (Wildman–Crippen MR) is 107 cm³/mol. The fourth-order valence-corrected chi connectivity index (χ4v) is 3.53. The molecule has 2 aromatic rings. The van der Waals surface area contributed by atoms with E-state index < -0.39 is 0 Å². The number of hydrogen-bond acceptors (Lipinski definition) is 2. The van der Waals surface area contributed by atoms with Crippen molar-refractivity contribution >= 4 is 11.8 Å². The molecule has 1 N–H and O–H groups in total. The van der Waals surface area contributed by atoms with Crippen molar-refractivity contribution in [2.24, 2.45) is 0 Å². The fraction of sp³-hybridized carbons (Fsp3) is 0.391. The number of aryl methyl sites for hydroxylation is 2. The van der Waals surface area contributed by atoms with Gasteiger partial charge in [0.1, 0.15) is 0 Å². The molecule has 142 valence electrons. The van der Waals surface area contributed by atoms with Crippen LogP contribution in [-0.4, -0.2) is 35.8 Å². The van der Waals surface area contributed by atoms with Crippen LogP contribution in [0.4, 0.5) is 0 Å². The molecule has 0 aliphatic carbocycles. The molecule has 1 saturated heterocycles. The second kappa shape index (κ2) is 9.91. The Morgan fingerprint density at radius 2 is 1.33 bits per heavy atom. The highest BCUT2D eigenvalue weighted by Crippen LogP contribution is 2.13. The summed E-state index contributed by atoms with van der Waals surface area (Å²) in [6.45, 7) is 1.47. The normalized spacial score (nSPS) is 14.7. The third-order valence-electron chi connectivity index (χ3n) is 5.17. The average Bonchev–Trinajstić information content (AvgIpc) is 2.72. The Morgan fingerprint density at radius 3 is 1.89 bits per heavy atom. The Bertz CT molecular complexity index is 723. The lowest BCUT2D eigenvalue weighted by Gasteiger charge is -2.32. The van der Waals surface area contributed by atoms with Gasteiger partial charge in [-0.15, -0.1) is 0 Å². The van der Waals surface area contributed by atoms with E-state index in [1.54, 1.807) is 0 Å². The van der Waals surface area contributed by atoms with Gasteiger partial charge in [-0.3, -0.25) is 9.59 Å². The number of hydrogen-bond donors (Lipinski definition) is 1. The molecule has 2 aromatic carbocycles. The molecule has 0 saturated carbocycles. The van der Waals surface area contributed by atoms with Crippen LogP contribution in [0.5, 0.6) is 0 Å². The highest BCUT2D eigenvalue weighted by Gasteiger charge is 2.23. The summed E-state index contributed by atoms with van der Waals surface area (Å²) in [7, 11) is 0. The second-order valence-corrected chi connectivity index (χ2v) is 7.19. The van der Waals surface area contributed by atoms with Crippen molar-refractivity contribution in [3.05, 3.63) is 71.8 Å². The Balaban J connectivity index is 1.34. The summed E-state index contributed by atoms with van der Waals surface area (Å²) in [5, 5.41) is 3.13. The summed E-state index contributed by atoms with van der Waals surface area (Å²) in [5.41, 5.74) is 2.39. The zero-order valence-corrected chi connectivity index (χ0v) is 15.8. The van der Waals surface area contributed by atoms with Crippen LogP contribution < -0.4 is 5.32 Å². The maximum atomic E-state index is 12.4. The molecule has 0 spiro atoms. The van der Waals surface area contributed by atoms with E-state index in [9.17, 15) is 9.59 Å². The monoisotopic (exact) mass is 364 g/mol. The van der Waals surface area contributed by atoms with Gasteiger partial charge in [0.05, 0.1) is 0 Å². The lowest BCUT2D eigenvalue weighted by molar-refractivity contribution is -0.132. The molecule has 4 nitrogen and oxygen atoms in total. The standard InChI is InChI=1S/C23H28N2O2/c26-22(13-11-19-7-3-1-4-8-19)24-21-15-17-25(18-16-21)23(27)14-12-20-9-5-2-6-10-20/h1-10,21H,11-18H2,(H,24,26). The molecule has 1 heterocycles. The maximum Gasteiger partial charge on any atom is 0.222 e. The van der Waals surface area contributed by atoms with Crippen molar-refractivity contribution in [1.82, 2.24) is 10.2 Å². The van der Waals surface area contributed by atoms with Crippen molar-refractivity contribution < 1.29 is 9.59 Å². The minimum absolute atomic E-state index is 0.104. The first kappa shape index (κ1) is 19.2. The van der Waals surface area contributed by atoms with Gasteiger partial charge < -0.3 is 10.2 Å². The maximum absolute atomic E-state index is 12.4. The predicted octanol–water partition coefficient (Wildman–Crippen LogP) is 3.36. The third kappa shape index (κ3) is 6.24. The molecule has 0 radical (unpaired) electrons. The van der Waals surface area contributed by atoms with E-state index in [0.717, 1.165) is 38.8 Å². The smallest absolute Gasteiger partial charge is 0.222 e. The summed E-state index contributed by atoms with van der Waals surface area (Å²) < 4.78 is 0. The topological polar surface area (TPSA) is 49.4 Å². The molecule has 4 heteroatoms. The summed E-state index contributed by atoms with van der Waals surface area (Å²) in [6.07, 6.45) is 4.31. The number of nitrogens with one attached hydrogen (secondary N) is 1. The van der Waals surface area contributed by atoms with Crippen molar-refractivity contribution in [3.8, 4) is 0 Å². The quantitative estimate of drug-likeness (QED) is 0.819. The Kier molecular flexibility index (Phi) is 7.03. The molecular formula is C23H28N2O2. The molecular weight excluding hydrogens is 336 g/mol. The Morgan fingerprint density at radius 1 is 0.815 bits per heavy atom. The first-order valence-electron chi connectivity index (χ1n) is 9.86. The van der Waals surface area contributed by atoms with E-state index in [2.05, 4.69) is 17.4 Å².